The highest BCUT2D eigenvalue weighted by Gasteiger charge is 2.13. The maximum absolute atomic E-state index is 11.0. The van der Waals surface area contributed by atoms with Crippen molar-refractivity contribution in [2.24, 2.45) is 0 Å². The molecule has 0 saturated heterocycles. The Hall–Kier alpha value is -1.22. The zero-order valence-corrected chi connectivity index (χ0v) is 10.7. The molecule has 1 N–H and O–H groups in total. The highest BCUT2D eigenvalue weighted by molar-refractivity contribution is 6.32. The molecule has 4 heteroatoms. The van der Waals surface area contributed by atoms with Crippen LogP contribution in [0.15, 0.2) is 18.2 Å². The number of hydrogen-bond donors (Lipinski definition) is 1. The molecule has 0 unspecified atom stereocenters. The summed E-state index contributed by atoms with van der Waals surface area (Å²) in [5.74, 6) is -0.741. The third-order valence-corrected chi connectivity index (χ3v) is 2.74. The lowest BCUT2D eigenvalue weighted by Crippen LogP contribution is -2.05. The molecular weight excluding hydrogens is 240 g/mol. The number of rotatable bonds is 7. The van der Waals surface area contributed by atoms with Gasteiger partial charge < -0.3 is 9.84 Å². The molecule has 0 fully saturated rings. The molecule has 0 radical (unpaired) electrons. The first-order chi connectivity index (χ1) is 8.16. The average Bonchev–Trinajstić information content (AvgIpc) is 2.30. The van der Waals surface area contributed by atoms with Gasteiger partial charge in [-0.1, -0.05) is 43.9 Å². The highest BCUT2D eigenvalue weighted by Crippen LogP contribution is 2.28. The van der Waals surface area contributed by atoms with E-state index in [0.29, 0.717) is 11.6 Å². The molecule has 1 aromatic carbocycles. The summed E-state index contributed by atoms with van der Waals surface area (Å²) in [4.78, 5) is 11.0. The van der Waals surface area contributed by atoms with Crippen LogP contribution in [0.3, 0.4) is 0 Å². The summed E-state index contributed by atoms with van der Waals surface area (Å²) in [6.45, 7) is 2.64. The van der Waals surface area contributed by atoms with Gasteiger partial charge in [0.05, 0.1) is 11.6 Å². The number of halogens is 1. The van der Waals surface area contributed by atoms with Gasteiger partial charge in [-0.05, 0) is 18.6 Å². The molecule has 0 spiro atoms. The number of carboxylic acid groups (broad SMARTS) is 1. The van der Waals surface area contributed by atoms with Crippen molar-refractivity contribution in [2.75, 3.05) is 6.61 Å². The summed E-state index contributed by atoms with van der Waals surface area (Å²) in [7, 11) is 0. The van der Waals surface area contributed by atoms with Crippen molar-refractivity contribution in [3.8, 4) is 5.75 Å². The van der Waals surface area contributed by atoms with E-state index in [2.05, 4.69) is 6.92 Å². The Labute approximate surface area is 106 Å². The molecule has 0 atom stereocenters. The second-order valence-electron chi connectivity index (χ2n) is 3.83. The summed E-state index contributed by atoms with van der Waals surface area (Å²) < 4.78 is 5.46. The number of unbranched alkanes of at least 4 members (excludes halogenated alkanes) is 3. The van der Waals surface area contributed by atoms with Crippen LogP contribution in [0.2, 0.25) is 5.02 Å². The Morgan fingerprint density at radius 2 is 2.12 bits per heavy atom. The molecule has 0 amide bonds. The number of ether oxygens (including phenoxy) is 1. The van der Waals surface area contributed by atoms with Crippen LogP contribution in [-0.2, 0) is 0 Å². The Morgan fingerprint density at radius 1 is 1.35 bits per heavy atom. The quantitative estimate of drug-likeness (QED) is 0.750. The van der Waals surface area contributed by atoms with Crippen molar-refractivity contribution < 1.29 is 14.6 Å². The number of hydrogen-bond acceptors (Lipinski definition) is 2. The molecule has 17 heavy (non-hydrogen) atoms. The maximum Gasteiger partial charge on any atom is 0.339 e. The van der Waals surface area contributed by atoms with Crippen LogP contribution in [-0.4, -0.2) is 17.7 Å². The number of carbonyl (C=O) groups is 1. The topological polar surface area (TPSA) is 46.5 Å². The zero-order chi connectivity index (χ0) is 12.7. The predicted octanol–water partition coefficient (Wildman–Crippen LogP) is 4.00. The molecule has 3 nitrogen and oxygen atoms in total. The van der Waals surface area contributed by atoms with E-state index in [0.717, 1.165) is 25.7 Å². The average molecular weight is 257 g/mol. The lowest BCUT2D eigenvalue weighted by molar-refractivity contribution is 0.0692. The minimum atomic E-state index is -1.02. The predicted molar refractivity (Wildman–Crippen MR) is 68.0 cm³/mol. The lowest BCUT2D eigenvalue weighted by Gasteiger charge is -2.10. The van der Waals surface area contributed by atoms with Crippen molar-refractivity contribution in [3.63, 3.8) is 0 Å². The third kappa shape index (κ3) is 4.27. The van der Waals surface area contributed by atoms with Crippen molar-refractivity contribution in [1.82, 2.24) is 0 Å². The molecule has 94 valence electrons. The molecular formula is C13H17ClO3. The summed E-state index contributed by atoms with van der Waals surface area (Å²) in [6, 6.07) is 4.74. The molecule has 0 saturated carbocycles. The van der Waals surface area contributed by atoms with Gasteiger partial charge in [0.25, 0.3) is 0 Å². The van der Waals surface area contributed by atoms with Gasteiger partial charge in [-0.2, -0.15) is 0 Å². The fraction of sp³-hybridized carbons (Fsp3) is 0.462. The van der Waals surface area contributed by atoms with E-state index in [1.54, 1.807) is 12.1 Å². The van der Waals surface area contributed by atoms with Crippen molar-refractivity contribution >= 4 is 17.6 Å². The molecule has 0 aliphatic heterocycles. The SMILES string of the molecule is CCCCCCOc1c(Cl)cccc1C(=O)O. The number of carboxylic acids is 1. The Balaban J connectivity index is 2.60. The van der Waals surface area contributed by atoms with Gasteiger partial charge in [-0.25, -0.2) is 4.79 Å². The van der Waals surface area contributed by atoms with E-state index in [1.807, 2.05) is 0 Å². The van der Waals surface area contributed by atoms with Gasteiger partial charge in [-0.3, -0.25) is 0 Å². The molecule has 0 aromatic heterocycles. The van der Waals surface area contributed by atoms with Crippen molar-refractivity contribution in [2.45, 2.75) is 32.6 Å². The first-order valence-corrected chi connectivity index (χ1v) is 6.19. The monoisotopic (exact) mass is 256 g/mol. The van der Waals surface area contributed by atoms with Crippen LogP contribution in [0.5, 0.6) is 5.75 Å². The standard InChI is InChI=1S/C13H17ClO3/c1-2-3-4-5-9-17-12-10(13(15)16)7-6-8-11(12)14/h6-8H,2-5,9H2,1H3,(H,15,16). The minimum Gasteiger partial charge on any atom is -0.491 e. The van der Waals surface area contributed by atoms with E-state index in [1.165, 1.54) is 6.07 Å². The number of para-hydroxylation sites is 1. The van der Waals surface area contributed by atoms with Gasteiger partial charge in [0.2, 0.25) is 0 Å². The number of aromatic carboxylic acids is 1. The van der Waals surface area contributed by atoms with E-state index in [9.17, 15) is 4.79 Å². The normalized spacial score (nSPS) is 10.2. The second kappa shape index (κ2) is 7.17. The summed E-state index contributed by atoms with van der Waals surface area (Å²) in [5, 5.41) is 9.34. The van der Waals surface area contributed by atoms with Crippen LogP contribution in [0.1, 0.15) is 43.0 Å². The van der Waals surface area contributed by atoms with E-state index >= 15 is 0 Å². The Morgan fingerprint density at radius 3 is 2.76 bits per heavy atom. The largest absolute Gasteiger partial charge is 0.491 e. The third-order valence-electron chi connectivity index (χ3n) is 2.44. The van der Waals surface area contributed by atoms with Crippen LogP contribution < -0.4 is 4.74 Å². The highest BCUT2D eigenvalue weighted by atomic mass is 35.5. The first kappa shape index (κ1) is 13.8. The van der Waals surface area contributed by atoms with Crippen molar-refractivity contribution in [1.29, 1.82) is 0 Å². The molecule has 0 bridgehead atoms. The molecule has 0 heterocycles. The van der Waals surface area contributed by atoms with Gasteiger partial charge in [0, 0.05) is 0 Å². The van der Waals surface area contributed by atoms with E-state index in [4.69, 9.17) is 21.4 Å². The summed E-state index contributed by atoms with van der Waals surface area (Å²) in [5.41, 5.74) is 0.119. The molecule has 1 rings (SSSR count). The Bertz CT molecular complexity index is 377. The van der Waals surface area contributed by atoms with Crippen molar-refractivity contribution in [3.05, 3.63) is 28.8 Å². The minimum absolute atomic E-state index is 0.119. The maximum atomic E-state index is 11.0. The number of benzene rings is 1. The van der Waals surface area contributed by atoms with E-state index in [-0.39, 0.29) is 11.3 Å². The van der Waals surface area contributed by atoms with Gasteiger partial charge in [0.1, 0.15) is 5.56 Å². The first-order valence-electron chi connectivity index (χ1n) is 5.81. The zero-order valence-electron chi connectivity index (χ0n) is 9.91. The smallest absolute Gasteiger partial charge is 0.339 e. The van der Waals surface area contributed by atoms with Crippen LogP contribution in [0.25, 0.3) is 0 Å². The molecule has 0 aliphatic rings. The summed E-state index contributed by atoms with van der Waals surface area (Å²) in [6.07, 6.45) is 4.33. The molecule has 1 aromatic rings. The van der Waals surface area contributed by atoms with Crippen LogP contribution >= 0.6 is 11.6 Å². The Kier molecular flexibility index (Phi) is 5.84. The molecule has 0 aliphatic carbocycles. The van der Waals surface area contributed by atoms with Gasteiger partial charge in [0.15, 0.2) is 5.75 Å². The summed E-state index contributed by atoms with van der Waals surface area (Å²) >= 11 is 5.93. The fourth-order valence-electron chi connectivity index (χ4n) is 1.53. The fourth-order valence-corrected chi connectivity index (χ4v) is 1.76. The van der Waals surface area contributed by atoms with Gasteiger partial charge >= 0.3 is 5.97 Å². The van der Waals surface area contributed by atoms with Crippen LogP contribution in [0, 0.1) is 0 Å². The van der Waals surface area contributed by atoms with E-state index < -0.39 is 5.97 Å². The van der Waals surface area contributed by atoms with Gasteiger partial charge in [-0.15, -0.1) is 0 Å². The van der Waals surface area contributed by atoms with Crippen LogP contribution in [0.4, 0.5) is 0 Å². The lowest BCUT2D eigenvalue weighted by atomic mass is 10.2. The second-order valence-corrected chi connectivity index (χ2v) is 4.24.